The second-order valence-corrected chi connectivity index (χ2v) is 15.2. The molecule has 68 heavy (non-hydrogen) atoms. The first kappa shape index (κ1) is 49.8. The van der Waals surface area contributed by atoms with Crippen LogP contribution in [0.3, 0.4) is 0 Å². The quantitative estimate of drug-likeness (QED) is 0.121. The van der Waals surface area contributed by atoms with E-state index in [0.717, 1.165) is 23.3 Å². The molecule has 0 aliphatic carbocycles. The highest BCUT2D eigenvalue weighted by Gasteiger charge is 2.37. The smallest absolute Gasteiger partial charge is 0.417 e. The number of alkyl halides is 6. The van der Waals surface area contributed by atoms with E-state index in [-0.39, 0.29) is 37.8 Å². The maximum Gasteiger partial charge on any atom is 0.417 e. The van der Waals surface area contributed by atoms with Gasteiger partial charge in [-0.3, -0.25) is 9.59 Å². The number of rotatable bonds is 9. The Morgan fingerprint density at radius 1 is 0.544 bits per heavy atom. The molecule has 0 radical (unpaired) electrons. The Labute approximate surface area is 388 Å². The number of benzene rings is 4. The topological polar surface area (TPSA) is 155 Å². The van der Waals surface area contributed by atoms with Crippen LogP contribution < -0.4 is 25.8 Å². The summed E-state index contributed by atoms with van der Waals surface area (Å²) in [4.78, 5) is 49.9. The summed E-state index contributed by atoms with van der Waals surface area (Å²) in [6.07, 6.45) is -6.06. The molecule has 356 valence electrons. The molecular formula is C49H48F6N8O5. The number of nitrogens with two attached hydrogens (primary N) is 1. The zero-order valence-corrected chi connectivity index (χ0v) is 36.5. The van der Waals surface area contributed by atoms with Crippen LogP contribution in [0.4, 0.5) is 42.5 Å². The molecule has 2 aliphatic rings. The highest BCUT2D eigenvalue weighted by atomic mass is 19.4. The Balaban J connectivity index is 0.000000191. The minimum atomic E-state index is -4.62. The van der Waals surface area contributed by atoms with Gasteiger partial charge < -0.3 is 40.5 Å². The number of ether oxygens (including phenoxy) is 2. The summed E-state index contributed by atoms with van der Waals surface area (Å²) in [5.74, 6) is -0.246. The molecule has 4 aromatic carbocycles. The lowest BCUT2D eigenvalue weighted by Gasteiger charge is -2.35. The number of amides is 4. The summed E-state index contributed by atoms with van der Waals surface area (Å²) in [7, 11) is 0. The van der Waals surface area contributed by atoms with E-state index in [4.69, 9.17) is 15.2 Å². The molecule has 19 heteroatoms. The van der Waals surface area contributed by atoms with E-state index in [0.29, 0.717) is 62.5 Å². The number of pyridine rings is 2. The van der Waals surface area contributed by atoms with Crippen molar-refractivity contribution in [2.75, 3.05) is 63.4 Å². The molecule has 6 aromatic rings. The van der Waals surface area contributed by atoms with Crippen molar-refractivity contribution < 1.29 is 50.2 Å². The minimum absolute atomic E-state index is 0.128. The Kier molecular flexibility index (Phi) is 17.3. The van der Waals surface area contributed by atoms with Crippen LogP contribution in [0.15, 0.2) is 146 Å². The van der Waals surface area contributed by atoms with E-state index < -0.39 is 40.9 Å². The van der Waals surface area contributed by atoms with Crippen molar-refractivity contribution >= 4 is 29.2 Å². The van der Waals surface area contributed by atoms with Crippen molar-refractivity contribution in [3.63, 3.8) is 0 Å². The Morgan fingerprint density at radius 2 is 0.971 bits per heavy atom. The van der Waals surface area contributed by atoms with Gasteiger partial charge in [-0.15, -0.1) is 0 Å². The number of aromatic nitrogens is 2. The van der Waals surface area contributed by atoms with Crippen molar-refractivity contribution in [3.05, 3.63) is 179 Å². The third-order valence-electron chi connectivity index (χ3n) is 10.4. The number of carbonyl (C=O) groups excluding carboxylic acids is 3. The number of nitrogens with zero attached hydrogens (tertiary/aromatic N) is 5. The predicted molar refractivity (Wildman–Crippen MR) is 243 cm³/mol. The number of halogens is 6. The van der Waals surface area contributed by atoms with Crippen molar-refractivity contribution in [3.8, 4) is 11.8 Å². The third kappa shape index (κ3) is 14.7. The molecule has 0 saturated carbocycles. The fourth-order valence-electron chi connectivity index (χ4n) is 6.84. The van der Waals surface area contributed by atoms with Gasteiger partial charge in [-0.2, -0.15) is 26.3 Å². The van der Waals surface area contributed by atoms with Gasteiger partial charge in [-0.1, -0.05) is 84.9 Å². The largest absolute Gasteiger partial charge is 0.473 e. The Bertz CT molecular complexity index is 2540. The van der Waals surface area contributed by atoms with Crippen molar-refractivity contribution in [1.82, 2.24) is 30.0 Å². The number of hydrogen-bond donors (Lipinski definition) is 3. The summed E-state index contributed by atoms with van der Waals surface area (Å²) < 4.78 is 89.2. The predicted octanol–water partition coefficient (Wildman–Crippen LogP) is 8.66. The molecule has 0 unspecified atom stereocenters. The van der Waals surface area contributed by atoms with Gasteiger partial charge in [0.25, 0.3) is 11.8 Å². The van der Waals surface area contributed by atoms with Crippen LogP contribution in [0.1, 0.15) is 43.0 Å². The van der Waals surface area contributed by atoms with E-state index in [1.54, 1.807) is 30.5 Å². The van der Waals surface area contributed by atoms with Gasteiger partial charge in [0, 0.05) is 64.5 Å². The highest BCUT2D eigenvalue weighted by molar-refractivity contribution is 5.97. The second-order valence-electron chi connectivity index (χ2n) is 15.2. The molecule has 4 heterocycles. The van der Waals surface area contributed by atoms with Crippen LogP contribution in [0.2, 0.25) is 0 Å². The van der Waals surface area contributed by atoms with E-state index in [1.165, 1.54) is 57.3 Å². The lowest BCUT2D eigenvalue weighted by molar-refractivity contribution is -0.138. The molecule has 13 nitrogen and oxygen atoms in total. The first-order valence-electron chi connectivity index (χ1n) is 21.3. The lowest BCUT2D eigenvalue weighted by Crippen LogP contribution is -2.51. The molecule has 2 fully saturated rings. The van der Waals surface area contributed by atoms with Crippen LogP contribution in [0, 0.1) is 0 Å². The minimum Gasteiger partial charge on any atom is -0.473 e. The summed E-state index contributed by atoms with van der Waals surface area (Å²) in [5.41, 5.74) is 6.26. The van der Waals surface area contributed by atoms with Gasteiger partial charge in [0.2, 0.25) is 11.8 Å². The molecule has 8 rings (SSSR count). The number of nitrogens with one attached hydrogen (secondary N) is 2. The normalized spacial score (nSPS) is 13.8. The van der Waals surface area contributed by atoms with Crippen molar-refractivity contribution in [1.29, 1.82) is 0 Å². The van der Waals surface area contributed by atoms with Gasteiger partial charge in [-0.05, 0) is 47.5 Å². The molecule has 0 bridgehead atoms. The van der Waals surface area contributed by atoms with Crippen molar-refractivity contribution in [2.24, 2.45) is 0 Å². The summed E-state index contributed by atoms with van der Waals surface area (Å²) >= 11 is 0. The Hall–Kier alpha value is -7.67. The number of anilines is 2. The van der Waals surface area contributed by atoms with E-state index in [1.807, 2.05) is 60.7 Å². The van der Waals surface area contributed by atoms with E-state index in [9.17, 15) is 40.7 Å². The van der Waals surface area contributed by atoms with Crippen molar-refractivity contribution in [2.45, 2.75) is 25.6 Å². The SMILES string of the molecule is Nc1ccc(OCc2ccccc2)nc1.O=C(Nc1ccc(OCc2ccccc2)nc1)N1CCN(C(=O)c2ccccc2C(F)(F)F)CC1.O=C(c1ccccc1C(F)(F)F)N1CCNCC1. The fourth-order valence-corrected chi connectivity index (χ4v) is 6.84. The highest BCUT2D eigenvalue weighted by Crippen LogP contribution is 2.33. The van der Waals surface area contributed by atoms with Gasteiger partial charge in [0.15, 0.2) is 0 Å². The first-order chi connectivity index (χ1) is 32.7. The molecule has 2 aliphatic heterocycles. The number of urea groups is 1. The van der Waals surface area contributed by atoms with Gasteiger partial charge in [-0.25, -0.2) is 14.8 Å². The van der Waals surface area contributed by atoms with Crippen LogP contribution in [-0.2, 0) is 25.6 Å². The van der Waals surface area contributed by atoms with Gasteiger partial charge >= 0.3 is 18.4 Å². The van der Waals surface area contributed by atoms with Crippen LogP contribution >= 0.6 is 0 Å². The van der Waals surface area contributed by atoms with Gasteiger partial charge in [0.1, 0.15) is 13.2 Å². The summed E-state index contributed by atoms with van der Waals surface area (Å²) in [6.45, 7) is 3.63. The maximum absolute atomic E-state index is 13.3. The first-order valence-corrected chi connectivity index (χ1v) is 21.3. The molecule has 4 N–H and O–H groups in total. The maximum atomic E-state index is 13.3. The fraction of sp³-hybridized carbons (Fsp3) is 0.245. The van der Waals surface area contributed by atoms with Gasteiger partial charge in [0.05, 0.1) is 46.0 Å². The zero-order valence-electron chi connectivity index (χ0n) is 36.5. The monoisotopic (exact) mass is 942 g/mol. The molecule has 2 saturated heterocycles. The zero-order chi connectivity index (χ0) is 48.5. The number of carbonyl (C=O) groups is 3. The average molecular weight is 943 g/mol. The third-order valence-corrected chi connectivity index (χ3v) is 10.4. The Morgan fingerprint density at radius 3 is 1.41 bits per heavy atom. The molecular weight excluding hydrogens is 895 g/mol. The number of nitrogen functional groups attached to an aromatic ring is 1. The second kappa shape index (κ2) is 23.7. The standard InChI is InChI=1S/C25H23F3N4O3.C12H13F3N2O.C12H12N2O/c26-25(27,28)21-9-5-4-8-20(21)23(33)31-12-14-32(15-13-31)24(34)30-19-10-11-22(29-16-19)35-17-18-6-2-1-3-7-18;13-12(14,15)10-4-2-1-3-9(10)11(18)17-7-5-16-6-8-17;13-11-6-7-12(14-8-11)15-9-10-4-2-1-3-5-10/h1-11,16H,12-15,17H2,(H,30,34);1-4,16H,5-8H2;1-8H,9,13H2. The van der Waals surface area contributed by atoms with Crippen LogP contribution in [0.25, 0.3) is 0 Å². The summed E-state index contributed by atoms with van der Waals surface area (Å²) in [5, 5.41) is 5.78. The molecule has 4 amide bonds. The average Bonchev–Trinajstić information content (AvgIpc) is 3.36. The lowest BCUT2D eigenvalue weighted by atomic mass is 10.1. The molecule has 2 aromatic heterocycles. The number of hydrogen-bond acceptors (Lipinski definition) is 9. The van der Waals surface area contributed by atoms with E-state index >= 15 is 0 Å². The molecule has 0 spiro atoms. The molecule has 0 atom stereocenters. The van der Waals surface area contributed by atoms with Crippen LogP contribution in [-0.4, -0.2) is 94.9 Å². The number of piperazine rings is 2. The summed E-state index contributed by atoms with van der Waals surface area (Å²) in [6, 6.07) is 35.7. The van der Waals surface area contributed by atoms with Crippen LogP contribution in [0.5, 0.6) is 11.8 Å². The van der Waals surface area contributed by atoms with E-state index in [2.05, 4.69) is 20.6 Å².